The van der Waals surface area contributed by atoms with Gasteiger partial charge in [0.25, 0.3) is 30.4 Å². The number of fused-ring (bicyclic) bond motifs is 1. The lowest BCUT2D eigenvalue weighted by molar-refractivity contribution is -0.121. The Labute approximate surface area is 183 Å². The van der Waals surface area contributed by atoms with E-state index in [1.54, 1.807) is 6.92 Å². The Hall–Kier alpha value is -2.18. The summed E-state index contributed by atoms with van der Waals surface area (Å²) in [6.07, 6.45) is 0. The molecule has 2 aromatic rings. The summed E-state index contributed by atoms with van der Waals surface area (Å²) in [6, 6.07) is 2.52. The Morgan fingerprint density at radius 2 is 1.38 bits per heavy atom. The standard InChI is InChI=1S/C16H19NO12S3/c1-2-28-3-4-29-9-15(18)17-13-7-11(30(19,20)21)5-10-6-12(31(22,23)24)8-14(16(10)13)32(25,26)27/h5-8H,2-4,9H2,1H3,(H,17,18)(H,19,20,21)(H,22,23,24)(H,25,26,27). The number of ether oxygens (including phenoxy) is 2. The summed E-state index contributed by atoms with van der Waals surface area (Å²) in [4.78, 5) is 9.34. The summed E-state index contributed by atoms with van der Waals surface area (Å²) in [5.41, 5.74) is -0.497. The Balaban J connectivity index is 2.68. The highest BCUT2D eigenvalue weighted by Crippen LogP contribution is 2.35. The minimum atomic E-state index is -5.13. The molecule has 0 fully saturated rings. The smallest absolute Gasteiger partial charge is 0.295 e. The van der Waals surface area contributed by atoms with Crippen molar-refractivity contribution in [2.45, 2.75) is 21.6 Å². The van der Waals surface area contributed by atoms with E-state index in [0.717, 1.165) is 0 Å². The normalized spacial score (nSPS) is 12.8. The van der Waals surface area contributed by atoms with Gasteiger partial charge in [0, 0.05) is 12.0 Å². The number of rotatable bonds is 10. The van der Waals surface area contributed by atoms with Crippen LogP contribution in [0.2, 0.25) is 0 Å². The van der Waals surface area contributed by atoms with Crippen molar-refractivity contribution < 1.29 is 53.2 Å². The maximum atomic E-state index is 12.2. The lowest BCUT2D eigenvalue weighted by Gasteiger charge is -2.14. The third-order valence-electron chi connectivity index (χ3n) is 3.92. The number of carbonyl (C=O) groups excluding carboxylic acids is 1. The van der Waals surface area contributed by atoms with Crippen molar-refractivity contribution in [2.75, 3.05) is 31.7 Å². The average Bonchev–Trinajstić information content (AvgIpc) is 2.64. The van der Waals surface area contributed by atoms with Crippen LogP contribution in [0.5, 0.6) is 0 Å². The van der Waals surface area contributed by atoms with Crippen LogP contribution in [0.15, 0.2) is 39.0 Å². The lowest BCUT2D eigenvalue weighted by atomic mass is 10.1. The molecular weight excluding hydrogens is 494 g/mol. The molecule has 0 saturated carbocycles. The van der Waals surface area contributed by atoms with Gasteiger partial charge in [0.15, 0.2) is 0 Å². The van der Waals surface area contributed by atoms with Gasteiger partial charge in [-0.2, -0.15) is 25.3 Å². The summed E-state index contributed by atoms with van der Waals surface area (Å²) >= 11 is 0. The molecule has 0 aliphatic heterocycles. The summed E-state index contributed by atoms with van der Waals surface area (Å²) in [6.45, 7) is 1.86. The van der Waals surface area contributed by atoms with E-state index < -0.39 is 74.0 Å². The second-order valence-electron chi connectivity index (χ2n) is 6.21. The van der Waals surface area contributed by atoms with Gasteiger partial charge in [-0.05, 0) is 36.6 Å². The molecular formula is C16H19NO12S3. The molecule has 16 heteroatoms. The molecule has 0 atom stereocenters. The van der Waals surface area contributed by atoms with Crippen LogP contribution in [0, 0.1) is 0 Å². The first-order valence-corrected chi connectivity index (χ1v) is 13.0. The Kier molecular flexibility index (Phi) is 7.95. The topological polar surface area (TPSA) is 211 Å². The van der Waals surface area contributed by atoms with Crippen molar-refractivity contribution in [2.24, 2.45) is 0 Å². The zero-order valence-electron chi connectivity index (χ0n) is 16.4. The predicted molar refractivity (Wildman–Crippen MR) is 109 cm³/mol. The fourth-order valence-electron chi connectivity index (χ4n) is 2.64. The second kappa shape index (κ2) is 9.75. The van der Waals surface area contributed by atoms with Gasteiger partial charge in [-0.3, -0.25) is 18.5 Å². The maximum absolute atomic E-state index is 12.2. The van der Waals surface area contributed by atoms with E-state index in [-0.39, 0.29) is 13.2 Å². The van der Waals surface area contributed by atoms with Gasteiger partial charge < -0.3 is 14.8 Å². The SMILES string of the molecule is CCOCCOCC(=O)Nc1cc(S(=O)(=O)O)cc2cc(S(=O)(=O)O)cc(S(=O)(=O)O)c12. The van der Waals surface area contributed by atoms with Crippen LogP contribution in [0.1, 0.15) is 6.92 Å². The molecule has 13 nitrogen and oxygen atoms in total. The number of hydrogen-bond acceptors (Lipinski definition) is 9. The molecule has 0 aromatic heterocycles. The van der Waals surface area contributed by atoms with Crippen LogP contribution in [0.25, 0.3) is 10.8 Å². The summed E-state index contributed by atoms with van der Waals surface area (Å²) < 4.78 is 108. The van der Waals surface area contributed by atoms with E-state index in [1.807, 2.05) is 0 Å². The molecule has 0 aliphatic carbocycles. The minimum Gasteiger partial charge on any atom is -0.379 e. The third kappa shape index (κ3) is 6.66. The molecule has 4 N–H and O–H groups in total. The van der Waals surface area contributed by atoms with Gasteiger partial charge in [0.2, 0.25) is 5.91 Å². The molecule has 0 radical (unpaired) electrons. The van der Waals surface area contributed by atoms with Crippen LogP contribution in [-0.2, 0) is 44.6 Å². The van der Waals surface area contributed by atoms with E-state index >= 15 is 0 Å². The van der Waals surface area contributed by atoms with Gasteiger partial charge in [-0.15, -0.1) is 0 Å². The van der Waals surface area contributed by atoms with Crippen LogP contribution in [0.3, 0.4) is 0 Å². The van der Waals surface area contributed by atoms with Crippen LogP contribution in [-0.4, -0.2) is 71.2 Å². The maximum Gasteiger partial charge on any atom is 0.295 e. The molecule has 1 amide bonds. The quantitative estimate of drug-likeness (QED) is 0.254. The van der Waals surface area contributed by atoms with Gasteiger partial charge in [0.1, 0.15) is 11.5 Å². The van der Waals surface area contributed by atoms with Crippen molar-refractivity contribution in [1.29, 1.82) is 0 Å². The fourth-order valence-corrected chi connectivity index (χ4v) is 4.56. The highest BCUT2D eigenvalue weighted by Gasteiger charge is 2.25. The molecule has 32 heavy (non-hydrogen) atoms. The van der Waals surface area contributed by atoms with Crippen molar-refractivity contribution in [1.82, 2.24) is 0 Å². The van der Waals surface area contributed by atoms with Crippen molar-refractivity contribution in [3.8, 4) is 0 Å². The Morgan fingerprint density at radius 1 is 0.844 bits per heavy atom. The first-order valence-electron chi connectivity index (χ1n) is 8.64. The molecule has 0 spiro atoms. The van der Waals surface area contributed by atoms with E-state index in [2.05, 4.69) is 5.32 Å². The van der Waals surface area contributed by atoms with Crippen molar-refractivity contribution in [3.05, 3.63) is 24.3 Å². The first-order chi connectivity index (χ1) is 14.6. The molecule has 0 saturated heterocycles. The first kappa shape index (κ1) is 26.1. The van der Waals surface area contributed by atoms with E-state index in [9.17, 15) is 43.7 Å². The largest absolute Gasteiger partial charge is 0.379 e. The molecule has 0 unspecified atom stereocenters. The molecule has 178 valence electrons. The fraction of sp³-hybridized carbons (Fsp3) is 0.312. The second-order valence-corrected chi connectivity index (χ2v) is 10.4. The average molecular weight is 514 g/mol. The Morgan fingerprint density at radius 3 is 1.88 bits per heavy atom. The number of amides is 1. The number of benzene rings is 2. The van der Waals surface area contributed by atoms with Gasteiger partial charge in [0.05, 0.1) is 28.7 Å². The zero-order valence-corrected chi connectivity index (χ0v) is 18.8. The number of carbonyl (C=O) groups is 1. The third-order valence-corrected chi connectivity index (χ3v) is 6.46. The molecule has 0 aliphatic rings. The Bertz CT molecular complexity index is 1340. The molecule has 2 rings (SSSR count). The zero-order chi connectivity index (χ0) is 24.3. The molecule has 0 bridgehead atoms. The van der Waals surface area contributed by atoms with E-state index in [0.29, 0.717) is 30.9 Å². The van der Waals surface area contributed by atoms with E-state index in [4.69, 9.17) is 9.47 Å². The lowest BCUT2D eigenvalue weighted by Crippen LogP contribution is -2.20. The minimum absolute atomic E-state index is 0.0427. The van der Waals surface area contributed by atoms with E-state index in [1.165, 1.54) is 0 Å². The number of anilines is 1. The predicted octanol–water partition coefficient (Wildman–Crippen LogP) is 0.572. The van der Waals surface area contributed by atoms with Crippen LogP contribution < -0.4 is 5.32 Å². The summed E-state index contributed by atoms with van der Waals surface area (Å²) in [5.74, 6) is -0.865. The van der Waals surface area contributed by atoms with Gasteiger partial charge in [-0.1, -0.05) is 0 Å². The van der Waals surface area contributed by atoms with Crippen molar-refractivity contribution >= 4 is 52.7 Å². The van der Waals surface area contributed by atoms with Gasteiger partial charge >= 0.3 is 0 Å². The van der Waals surface area contributed by atoms with Crippen LogP contribution >= 0.6 is 0 Å². The van der Waals surface area contributed by atoms with Gasteiger partial charge in [-0.25, -0.2) is 0 Å². The summed E-state index contributed by atoms with van der Waals surface area (Å²) in [7, 11) is -15.0. The number of hydrogen-bond donors (Lipinski definition) is 4. The number of nitrogens with one attached hydrogen (secondary N) is 1. The molecule has 0 heterocycles. The molecule has 2 aromatic carbocycles. The highest BCUT2D eigenvalue weighted by atomic mass is 32.2. The monoisotopic (exact) mass is 513 g/mol. The van der Waals surface area contributed by atoms with Crippen LogP contribution in [0.4, 0.5) is 5.69 Å². The summed E-state index contributed by atoms with van der Waals surface area (Å²) in [5, 5.41) is 1.27. The highest BCUT2D eigenvalue weighted by molar-refractivity contribution is 7.87. The van der Waals surface area contributed by atoms with Crippen molar-refractivity contribution in [3.63, 3.8) is 0 Å².